The quantitative estimate of drug-likeness (QED) is 0.181. The van der Waals surface area contributed by atoms with Gasteiger partial charge in [0.15, 0.2) is 0 Å². The lowest BCUT2D eigenvalue weighted by molar-refractivity contribution is -0.889. The molecule has 5 N–H and O–H groups in total. The maximum absolute atomic E-state index is 12.7. The van der Waals surface area contributed by atoms with Crippen LogP contribution in [-0.2, 0) is 14.9 Å². The van der Waals surface area contributed by atoms with E-state index in [0.29, 0.717) is 48.8 Å². The maximum atomic E-state index is 12.7. The molecule has 41 heavy (non-hydrogen) atoms. The summed E-state index contributed by atoms with van der Waals surface area (Å²) in [6, 6.07) is 0. The zero-order valence-electron chi connectivity index (χ0n) is 26.0. The van der Waals surface area contributed by atoms with E-state index in [1.807, 2.05) is 14.1 Å². The van der Waals surface area contributed by atoms with Crippen molar-refractivity contribution in [1.29, 1.82) is 0 Å². The molecule has 4 rings (SSSR count). The molecule has 0 aliphatic heterocycles. The highest BCUT2D eigenvalue weighted by molar-refractivity contribution is 7.85. The van der Waals surface area contributed by atoms with Crippen molar-refractivity contribution in [1.82, 2.24) is 5.32 Å². The van der Waals surface area contributed by atoms with Gasteiger partial charge in [0.05, 0.1) is 57.8 Å². The third-order valence-electron chi connectivity index (χ3n) is 12.6. The van der Waals surface area contributed by atoms with Gasteiger partial charge in [0.2, 0.25) is 5.91 Å². The molecule has 4 fully saturated rings. The first-order valence-electron chi connectivity index (χ1n) is 16.1. The molecule has 0 radical (unpaired) electrons. The largest absolute Gasteiger partial charge is 0.393 e. The third kappa shape index (κ3) is 6.98. The van der Waals surface area contributed by atoms with Crippen LogP contribution < -0.4 is 5.32 Å². The van der Waals surface area contributed by atoms with Crippen LogP contribution in [-0.4, -0.2) is 96.5 Å². The standard InChI is InChI=1S/C31H56N2O7S/c1-20(7-10-28(37)32-13-15-33(4,5)14-6-16-41(38,39)40)23-8-9-24-29-25(19-27(36)31(23,24)3)30(2)12-11-22(34)17-21(30)18-26(29)35/h20-27,29,34-36H,6-19H2,1-5H3,(H-,32,37,38,39,40)/p+1/t20-,21+,22-,23-,24+,25+,26-,27+,29+,30+,31-/m1/s1. The average molecular weight is 602 g/mol. The van der Waals surface area contributed by atoms with Crippen molar-refractivity contribution in [3.8, 4) is 0 Å². The summed E-state index contributed by atoms with van der Waals surface area (Å²) in [5, 5.41) is 36.6. The van der Waals surface area contributed by atoms with E-state index in [-0.39, 0.29) is 58.4 Å². The normalized spacial score (nSPS) is 41.7. The van der Waals surface area contributed by atoms with Crippen LogP contribution in [0, 0.1) is 46.3 Å². The van der Waals surface area contributed by atoms with Crippen molar-refractivity contribution in [2.45, 2.75) is 103 Å². The molecule has 0 aromatic carbocycles. The Hall–Kier alpha value is -0.780. The summed E-state index contributed by atoms with van der Waals surface area (Å²) in [7, 11) is 0.0131. The van der Waals surface area contributed by atoms with Gasteiger partial charge in [0, 0.05) is 12.8 Å². The van der Waals surface area contributed by atoms with Crippen LogP contribution >= 0.6 is 0 Å². The molecule has 0 aromatic rings. The van der Waals surface area contributed by atoms with Gasteiger partial charge in [0.25, 0.3) is 10.1 Å². The van der Waals surface area contributed by atoms with Gasteiger partial charge >= 0.3 is 0 Å². The SMILES string of the molecule is C[C@H](CCC(=O)NCC[N+](C)(C)CCCS(=O)(=O)O)[C@H]1CC[C@H]2[C@@H]3[C@H](O)C[C@@H]4C[C@H](O)CC[C@]4(C)[C@H]3C[C@H](O)[C@]12C. The van der Waals surface area contributed by atoms with E-state index in [4.69, 9.17) is 4.55 Å². The highest BCUT2D eigenvalue weighted by Crippen LogP contribution is 2.68. The fourth-order valence-electron chi connectivity index (χ4n) is 10.1. The van der Waals surface area contributed by atoms with Crippen LogP contribution in [0.25, 0.3) is 0 Å². The van der Waals surface area contributed by atoms with E-state index < -0.39 is 16.2 Å². The van der Waals surface area contributed by atoms with Crippen LogP contribution in [0.1, 0.15) is 85.0 Å². The van der Waals surface area contributed by atoms with Crippen LogP contribution in [0.5, 0.6) is 0 Å². The van der Waals surface area contributed by atoms with E-state index in [2.05, 4.69) is 26.1 Å². The van der Waals surface area contributed by atoms with Crippen LogP contribution in [0.3, 0.4) is 0 Å². The predicted molar refractivity (Wildman–Crippen MR) is 158 cm³/mol. The Kier molecular flexibility index (Phi) is 9.94. The molecule has 0 bridgehead atoms. The number of carbonyl (C=O) groups excluding carboxylic acids is 1. The Bertz CT molecular complexity index is 1040. The second-order valence-electron chi connectivity index (χ2n) is 15.4. The van der Waals surface area contributed by atoms with E-state index in [1.165, 1.54) is 0 Å². The number of nitrogens with one attached hydrogen (secondary N) is 1. The average Bonchev–Trinajstić information content (AvgIpc) is 3.21. The number of quaternary nitrogens is 1. The summed E-state index contributed by atoms with van der Waals surface area (Å²) in [6.07, 6.45) is 6.55. The zero-order valence-corrected chi connectivity index (χ0v) is 26.8. The fraction of sp³-hybridized carbons (Fsp3) is 0.968. The van der Waals surface area contributed by atoms with E-state index >= 15 is 0 Å². The number of aliphatic hydroxyl groups is 3. The van der Waals surface area contributed by atoms with Crippen LogP contribution in [0.4, 0.5) is 0 Å². The summed E-state index contributed by atoms with van der Waals surface area (Å²) < 4.78 is 31.4. The molecule has 4 aliphatic rings. The lowest BCUT2D eigenvalue weighted by atomic mass is 9.43. The van der Waals surface area contributed by atoms with Crippen LogP contribution in [0.15, 0.2) is 0 Å². The number of fused-ring (bicyclic) bond motifs is 5. The molecule has 11 atom stereocenters. The van der Waals surface area contributed by atoms with Gasteiger partial charge in [-0.1, -0.05) is 20.8 Å². The Balaban J connectivity index is 1.30. The summed E-state index contributed by atoms with van der Waals surface area (Å²) in [4.78, 5) is 12.7. The molecule has 0 aromatic heterocycles. The van der Waals surface area contributed by atoms with Crippen molar-refractivity contribution in [2.24, 2.45) is 46.3 Å². The lowest BCUT2D eigenvalue weighted by Gasteiger charge is -2.63. The number of hydrogen-bond donors (Lipinski definition) is 5. The van der Waals surface area contributed by atoms with Crippen molar-refractivity contribution < 1.29 is 37.6 Å². The zero-order chi connectivity index (χ0) is 30.4. The van der Waals surface area contributed by atoms with Crippen molar-refractivity contribution in [2.75, 3.05) is 39.5 Å². The van der Waals surface area contributed by atoms with Gasteiger partial charge in [0.1, 0.15) is 0 Å². The van der Waals surface area contributed by atoms with E-state index in [0.717, 1.165) is 51.4 Å². The summed E-state index contributed by atoms with van der Waals surface area (Å²) in [6.45, 7) is 8.60. The molecule has 238 valence electrons. The van der Waals surface area contributed by atoms with Gasteiger partial charge in [-0.3, -0.25) is 9.35 Å². The predicted octanol–water partition coefficient (Wildman–Crippen LogP) is 2.83. The molecular formula is C31H57N2O7S+. The van der Waals surface area contributed by atoms with E-state index in [9.17, 15) is 28.5 Å². The Morgan fingerprint density at radius 2 is 1.73 bits per heavy atom. The molecule has 4 aliphatic carbocycles. The minimum atomic E-state index is -3.95. The summed E-state index contributed by atoms with van der Waals surface area (Å²) in [5.74, 6) is 1.42. The molecule has 4 saturated carbocycles. The van der Waals surface area contributed by atoms with Crippen molar-refractivity contribution in [3.05, 3.63) is 0 Å². The van der Waals surface area contributed by atoms with Gasteiger partial charge in [-0.25, -0.2) is 0 Å². The minimum Gasteiger partial charge on any atom is -0.393 e. The number of rotatable bonds is 11. The smallest absolute Gasteiger partial charge is 0.265 e. The molecule has 0 unspecified atom stereocenters. The first-order chi connectivity index (χ1) is 19.0. The second kappa shape index (κ2) is 12.3. The highest BCUT2D eigenvalue weighted by atomic mass is 32.2. The molecule has 0 saturated heterocycles. The van der Waals surface area contributed by atoms with Gasteiger partial charge in [-0.15, -0.1) is 0 Å². The number of aliphatic hydroxyl groups excluding tert-OH is 3. The Morgan fingerprint density at radius 1 is 1.02 bits per heavy atom. The Morgan fingerprint density at radius 3 is 2.41 bits per heavy atom. The van der Waals surface area contributed by atoms with E-state index in [1.54, 1.807) is 0 Å². The molecule has 10 heteroatoms. The first kappa shape index (κ1) is 33.1. The first-order valence-corrected chi connectivity index (χ1v) is 17.7. The number of nitrogens with zero attached hydrogens (tertiary/aromatic N) is 1. The van der Waals surface area contributed by atoms with Crippen molar-refractivity contribution in [3.63, 3.8) is 0 Å². The van der Waals surface area contributed by atoms with Crippen LogP contribution in [0.2, 0.25) is 0 Å². The molecular weight excluding hydrogens is 544 g/mol. The highest BCUT2D eigenvalue weighted by Gasteiger charge is 2.65. The second-order valence-corrected chi connectivity index (χ2v) is 17.0. The summed E-state index contributed by atoms with van der Waals surface area (Å²) in [5.41, 5.74) is -0.198. The molecule has 1 amide bonds. The van der Waals surface area contributed by atoms with Gasteiger partial charge in [-0.2, -0.15) is 8.42 Å². The van der Waals surface area contributed by atoms with Gasteiger partial charge < -0.3 is 25.1 Å². The summed E-state index contributed by atoms with van der Waals surface area (Å²) >= 11 is 0. The molecule has 0 spiro atoms. The fourth-order valence-corrected chi connectivity index (χ4v) is 10.6. The topological polar surface area (TPSA) is 144 Å². The molecule has 9 nitrogen and oxygen atoms in total. The van der Waals surface area contributed by atoms with Gasteiger partial charge in [-0.05, 0) is 97.7 Å². The maximum Gasteiger partial charge on any atom is 0.265 e. The number of likely N-dealkylation sites (N-methyl/N-ethyl adjacent to an activating group) is 1. The number of hydrogen-bond acceptors (Lipinski definition) is 6. The monoisotopic (exact) mass is 601 g/mol. The molecule has 0 heterocycles. The third-order valence-corrected chi connectivity index (χ3v) is 13.4. The Labute approximate surface area is 247 Å². The lowest BCUT2D eigenvalue weighted by Crippen LogP contribution is -2.62. The number of carbonyl (C=O) groups is 1. The van der Waals surface area contributed by atoms with Crippen molar-refractivity contribution >= 4 is 16.0 Å². The minimum absolute atomic E-state index is 0.0138. The number of amides is 1.